The van der Waals surface area contributed by atoms with E-state index in [4.69, 9.17) is 0 Å². The molecule has 1 rings (SSSR count). The summed E-state index contributed by atoms with van der Waals surface area (Å²) in [6.45, 7) is 1.48. The standard InChI is InChI=1S/C9H12N2O3/c1-5-7(12)6(8(13)10-2)4-11(3)9(5)14/h4,12H,1-3H3,(H,10,13). The molecule has 14 heavy (non-hydrogen) atoms. The van der Waals surface area contributed by atoms with Crippen molar-refractivity contribution in [2.24, 2.45) is 7.05 Å². The molecule has 0 bridgehead atoms. The van der Waals surface area contributed by atoms with Crippen molar-refractivity contribution in [2.75, 3.05) is 7.05 Å². The minimum absolute atomic E-state index is 0.104. The summed E-state index contributed by atoms with van der Waals surface area (Å²) in [5.41, 5.74) is -0.0316. The maximum atomic E-state index is 11.3. The highest BCUT2D eigenvalue weighted by Crippen LogP contribution is 2.17. The molecule has 0 saturated heterocycles. The number of carbonyl (C=O) groups excluding carboxylic acids is 1. The molecule has 1 aromatic heterocycles. The van der Waals surface area contributed by atoms with Crippen molar-refractivity contribution in [2.45, 2.75) is 6.92 Å². The van der Waals surface area contributed by atoms with Gasteiger partial charge in [-0.3, -0.25) is 9.59 Å². The van der Waals surface area contributed by atoms with Gasteiger partial charge in [0.1, 0.15) is 5.75 Å². The zero-order valence-corrected chi connectivity index (χ0v) is 8.29. The molecule has 0 radical (unpaired) electrons. The SMILES string of the molecule is CNC(=O)c1cn(C)c(=O)c(C)c1O. The van der Waals surface area contributed by atoms with E-state index in [0.717, 1.165) is 0 Å². The Bertz CT molecular complexity index is 434. The van der Waals surface area contributed by atoms with Crippen LogP contribution in [0.4, 0.5) is 0 Å². The normalized spacial score (nSPS) is 9.93. The largest absolute Gasteiger partial charge is 0.507 e. The van der Waals surface area contributed by atoms with E-state index in [2.05, 4.69) is 5.32 Å². The zero-order chi connectivity index (χ0) is 10.9. The summed E-state index contributed by atoms with van der Waals surface area (Å²) < 4.78 is 1.26. The number of nitrogens with zero attached hydrogens (tertiary/aromatic N) is 1. The predicted molar refractivity (Wildman–Crippen MR) is 51.5 cm³/mol. The van der Waals surface area contributed by atoms with Gasteiger partial charge >= 0.3 is 0 Å². The van der Waals surface area contributed by atoms with Crippen LogP contribution in [0.1, 0.15) is 15.9 Å². The molecule has 0 atom stereocenters. The molecule has 76 valence electrons. The molecule has 0 spiro atoms. The topological polar surface area (TPSA) is 71.3 Å². The summed E-state index contributed by atoms with van der Waals surface area (Å²) >= 11 is 0. The Kier molecular flexibility index (Phi) is 2.60. The van der Waals surface area contributed by atoms with Gasteiger partial charge in [-0.2, -0.15) is 0 Å². The van der Waals surface area contributed by atoms with E-state index in [1.54, 1.807) is 0 Å². The fourth-order valence-electron chi connectivity index (χ4n) is 1.18. The number of aryl methyl sites for hydroxylation is 1. The van der Waals surface area contributed by atoms with Crippen LogP contribution in [-0.2, 0) is 7.05 Å². The number of pyridine rings is 1. The Hall–Kier alpha value is -1.78. The fraction of sp³-hybridized carbons (Fsp3) is 0.333. The first-order chi connectivity index (χ1) is 6.49. The van der Waals surface area contributed by atoms with Gasteiger partial charge < -0.3 is 15.0 Å². The van der Waals surface area contributed by atoms with Gasteiger partial charge in [-0.25, -0.2) is 0 Å². The Morgan fingerprint density at radius 2 is 2.14 bits per heavy atom. The lowest BCUT2D eigenvalue weighted by Crippen LogP contribution is -2.25. The van der Waals surface area contributed by atoms with E-state index in [0.29, 0.717) is 0 Å². The molecule has 1 amide bonds. The summed E-state index contributed by atoms with van der Waals surface area (Å²) in [6.07, 6.45) is 1.31. The molecule has 1 aromatic rings. The second-order valence-electron chi connectivity index (χ2n) is 3.01. The molecule has 0 aliphatic carbocycles. The summed E-state index contributed by atoms with van der Waals surface area (Å²) in [5.74, 6) is -0.673. The van der Waals surface area contributed by atoms with Gasteiger partial charge in [0.25, 0.3) is 11.5 Å². The minimum atomic E-state index is -0.416. The number of aromatic nitrogens is 1. The molecule has 0 aliphatic rings. The van der Waals surface area contributed by atoms with Gasteiger partial charge in [-0.05, 0) is 6.92 Å². The van der Waals surface area contributed by atoms with Crippen molar-refractivity contribution in [3.63, 3.8) is 0 Å². The molecule has 0 aromatic carbocycles. The van der Waals surface area contributed by atoms with Crippen molar-refractivity contribution in [3.05, 3.63) is 27.7 Å². The fourth-order valence-corrected chi connectivity index (χ4v) is 1.18. The van der Waals surface area contributed by atoms with Crippen LogP contribution in [0.3, 0.4) is 0 Å². The van der Waals surface area contributed by atoms with Crippen molar-refractivity contribution >= 4 is 5.91 Å². The first-order valence-corrected chi connectivity index (χ1v) is 4.10. The van der Waals surface area contributed by atoms with Gasteiger partial charge in [0.2, 0.25) is 0 Å². The number of carbonyl (C=O) groups is 1. The lowest BCUT2D eigenvalue weighted by Gasteiger charge is -2.07. The first-order valence-electron chi connectivity index (χ1n) is 4.10. The van der Waals surface area contributed by atoms with Gasteiger partial charge in [0.05, 0.1) is 11.1 Å². The van der Waals surface area contributed by atoms with Gasteiger partial charge in [0.15, 0.2) is 0 Å². The van der Waals surface area contributed by atoms with E-state index in [1.165, 1.54) is 31.8 Å². The van der Waals surface area contributed by atoms with Gasteiger partial charge in [0, 0.05) is 20.3 Å². The lowest BCUT2D eigenvalue weighted by molar-refractivity contribution is 0.0959. The highest BCUT2D eigenvalue weighted by atomic mass is 16.3. The number of hydrogen-bond acceptors (Lipinski definition) is 3. The first kappa shape index (κ1) is 10.3. The highest BCUT2D eigenvalue weighted by molar-refractivity contribution is 5.96. The number of nitrogens with one attached hydrogen (secondary N) is 1. The van der Waals surface area contributed by atoms with Crippen LogP contribution in [-0.4, -0.2) is 22.6 Å². The minimum Gasteiger partial charge on any atom is -0.507 e. The average molecular weight is 196 g/mol. The third-order valence-corrected chi connectivity index (χ3v) is 2.05. The zero-order valence-electron chi connectivity index (χ0n) is 8.29. The molecule has 5 heteroatoms. The smallest absolute Gasteiger partial charge is 0.256 e. The van der Waals surface area contributed by atoms with E-state index >= 15 is 0 Å². The Morgan fingerprint density at radius 1 is 1.57 bits per heavy atom. The number of aromatic hydroxyl groups is 1. The lowest BCUT2D eigenvalue weighted by atomic mass is 10.1. The summed E-state index contributed by atoms with van der Waals surface area (Å²) in [4.78, 5) is 22.6. The molecule has 5 nitrogen and oxygen atoms in total. The molecule has 0 saturated carbocycles. The number of amides is 1. The Morgan fingerprint density at radius 3 is 2.64 bits per heavy atom. The predicted octanol–water partition coefficient (Wildman–Crippen LogP) is -0.241. The number of rotatable bonds is 1. The van der Waals surface area contributed by atoms with Crippen molar-refractivity contribution in [1.29, 1.82) is 0 Å². The van der Waals surface area contributed by atoms with Crippen molar-refractivity contribution in [1.82, 2.24) is 9.88 Å². The van der Waals surface area contributed by atoms with Gasteiger partial charge in [-0.15, -0.1) is 0 Å². The van der Waals surface area contributed by atoms with Crippen LogP contribution < -0.4 is 10.9 Å². The molecule has 0 aliphatic heterocycles. The highest BCUT2D eigenvalue weighted by Gasteiger charge is 2.14. The summed E-state index contributed by atoms with van der Waals surface area (Å²) in [6, 6.07) is 0. The van der Waals surface area contributed by atoms with Crippen LogP contribution in [0.25, 0.3) is 0 Å². The van der Waals surface area contributed by atoms with Crippen molar-refractivity contribution < 1.29 is 9.90 Å². The molecule has 2 N–H and O–H groups in total. The maximum Gasteiger partial charge on any atom is 0.256 e. The summed E-state index contributed by atoms with van der Waals surface area (Å²) in [5, 5.41) is 11.9. The number of hydrogen-bond donors (Lipinski definition) is 2. The third kappa shape index (κ3) is 1.48. The van der Waals surface area contributed by atoms with E-state index in [-0.39, 0.29) is 22.4 Å². The van der Waals surface area contributed by atoms with Crippen LogP contribution in [0.15, 0.2) is 11.0 Å². The van der Waals surface area contributed by atoms with Crippen LogP contribution in [0.5, 0.6) is 5.75 Å². The van der Waals surface area contributed by atoms with E-state index < -0.39 is 5.91 Å². The molecular formula is C9H12N2O3. The van der Waals surface area contributed by atoms with Crippen LogP contribution in [0, 0.1) is 6.92 Å². The third-order valence-electron chi connectivity index (χ3n) is 2.05. The average Bonchev–Trinajstić information content (AvgIpc) is 2.19. The summed E-state index contributed by atoms with van der Waals surface area (Å²) in [7, 11) is 2.99. The second-order valence-corrected chi connectivity index (χ2v) is 3.01. The van der Waals surface area contributed by atoms with E-state index in [9.17, 15) is 14.7 Å². The van der Waals surface area contributed by atoms with Crippen LogP contribution in [0.2, 0.25) is 0 Å². The second kappa shape index (κ2) is 3.53. The Labute approximate surface area is 81.0 Å². The molecule has 0 unspecified atom stereocenters. The van der Waals surface area contributed by atoms with Crippen molar-refractivity contribution in [3.8, 4) is 5.75 Å². The molecular weight excluding hydrogens is 184 g/mol. The monoisotopic (exact) mass is 196 g/mol. The molecule has 0 fully saturated rings. The maximum absolute atomic E-state index is 11.3. The molecule has 1 heterocycles. The quantitative estimate of drug-likeness (QED) is 0.651. The van der Waals surface area contributed by atoms with Crippen LogP contribution >= 0.6 is 0 Å². The Balaban J connectivity index is 3.48. The van der Waals surface area contributed by atoms with Gasteiger partial charge in [-0.1, -0.05) is 0 Å². The van der Waals surface area contributed by atoms with E-state index in [1.807, 2.05) is 0 Å².